The second kappa shape index (κ2) is 4.04. The molecule has 5 nitrogen and oxygen atoms in total. The predicted molar refractivity (Wildman–Crippen MR) is 75.6 cm³/mol. The van der Waals surface area contributed by atoms with Crippen molar-refractivity contribution >= 4 is 17.1 Å². The molecule has 0 aliphatic heterocycles. The van der Waals surface area contributed by atoms with Gasteiger partial charge >= 0.3 is 5.97 Å². The standard InChI is InChI=1S/C15H19N3O2/c1-8(2)18-12-9(6-5-7-16-12)17-13(18)10-11(14(19)20)15(10,3)4/h5-8,10-11H,1-4H3,(H,19,20). The minimum Gasteiger partial charge on any atom is -0.481 e. The Balaban J connectivity index is 2.18. The molecule has 1 aliphatic rings. The highest BCUT2D eigenvalue weighted by Crippen LogP contribution is 2.64. The molecule has 2 atom stereocenters. The van der Waals surface area contributed by atoms with Crippen LogP contribution in [0.4, 0.5) is 0 Å². The Morgan fingerprint density at radius 1 is 1.45 bits per heavy atom. The maximum absolute atomic E-state index is 11.4. The molecule has 1 saturated carbocycles. The highest BCUT2D eigenvalue weighted by Gasteiger charge is 2.64. The van der Waals surface area contributed by atoms with E-state index in [-0.39, 0.29) is 23.3 Å². The third-order valence-corrected chi connectivity index (χ3v) is 4.36. The molecular formula is C15H19N3O2. The summed E-state index contributed by atoms with van der Waals surface area (Å²) in [6.45, 7) is 8.14. The Kier molecular flexibility index (Phi) is 2.64. The molecule has 1 N–H and O–H groups in total. The van der Waals surface area contributed by atoms with Crippen LogP contribution in [0.1, 0.15) is 45.5 Å². The van der Waals surface area contributed by atoms with Gasteiger partial charge in [-0.2, -0.15) is 0 Å². The molecule has 0 amide bonds. The van der Waals surface area contributed by atoms with Gasteiger partial charge in [0.2, 0.25) is 0 Å². The van der Waals surface area contributed by atoms with Gasteiger partial charge in [0.15, 0.2) is 5.65 Å². The maximum atomic E-state index is 11.4. The zero-order valence-corrected chi connectivity index (χ0v) is 12.2. The van der Waals surface area contributed by atoms with Crippen molar-refractivity contribution in [3.8, 4) is 0 Å². The van der Waals surface area contributed by atoms with Gasteiger partial charge in [0.1, 0.15) is 11.3 Å². The molecule has 20 heavy (non-hydrogen) atoms. The van der Waals surface area contributed by atoms with E-state index in [0.29, 0.717) is 0 Å². The molecule has 2 unspecified atom stereocenters. The van der Waals surface area contributed by atoms with E-state index < -0.39 is 5.97 Å². The largest absolute Gasteiger partial charge is 0.481 e. The molecule has 0 spiro atoms. The monoisotopic (exact) mass is 273 g/mol. The van der Waals surface area contributed by atoms with Gasteiger partial charge in [-0.1, -0.05) is 13.8 Å². The SMILES string of the molecule is CC(C)n1c(C2C(C(=O)O)C2(C)C)nc2cccnc21. The number of nitrogens with zero attached hydrogens (tertiary/aromatic N) is 3. The Morgan fingerprint density at radius 3 is 2.70 bits per heavy atom. The predicted octanol–water partition coefficient (Wildman–Crippen LogP) is 2.84. The number of hydrogen-bond acceptors (Lipinski definition) is 3. The first-order valence-corrected chi connectivity index (χ1v) is 6.91. The minimum atomic E-state index is -0.740. The Bertz CT molecular complexity index is 687. The molecule has 1 fully saturated rings. The number of rotatable bonds is 3. The van der Waals surface area contributed by atoms with Crippen molar-refractivity contribution in [1.29, 1.82) is 0 Å². The fourth-order valence-corrected chi connectivity index (χ4v) is 3.26. The third kappa shape index (κ3) is 1.65. The molecule has 5 heteroatoms. The van der Waals surface area contributed by atoms with Crippen LogP contribution in [0.15, 0.2) is 18.3 Å². The average Bonchev–Trinajstić information content (AvgIpc) is 2.77. The quantitative estimate of drug-likeness (QED) is 0.933. The fraction of sp³-hybridized carbons (Fsp3) is 0.533. The van der Waals surface area contributed by atoms with Crippen molar-refractivity contribution in [3.63, 3.8) is 0 Å². The Morgan fingerprint density at radius 2 is 2.15 bits per heavy atom. The van der Waals surface area contributed by atoms with E-state index >= 15 is 0 Å². The van der Waals surface area contributed by atoms with Crippen LogP contribution < -0.4 is 0 Å². The summed E-state index contributed by atoms with van der Waals surface area (Å²) >= 11 is 0. The van der Waals surface area contributed by atoms with E-state index in [2.05, 4.69) is 28.4 Å². The van der Waals surface area contributed by atoms with E-state index in [1.54, 1.807) is 6.20 Å². The topological polar surface area (TPSA) is 68.0 Å². The summed E-state index contributed by atoms with van der Waals surface area (Å²) in [7, 11) is 0. The lowest BCUT2D eigenvalue weighted by Gasteiger charge is -2.12. The fourth-order valence-electron chi connectivity index (χ4n) is 3.26. The first-order valence-electron chi connectivity index (χ1n) is 6.91. The number of hydrogen-bond donors (Lipinski definition) is 1. The maximum Gasteiger partial charge on any atom is 0.307 e. The molecule has 2 heterocycles. The summed E-state index contributed by atoms with van der Waals surface area (Å²) in [6.07, 6.45) is 1.75. The molecule has 0 saturated heterocycles. The second-order valence-electron chi connectivity index (χ2n) is 6.39. The first-order chi connectivity index (χ1) is 9.35. The van der Waals surface area contributed by atoms with E-state index in [4.69, 9.17) is 0 Å². The number of carbonyl (C=O) groups is 1. The van der Waals surface area contributed by atoms with Crippen molar-refractivity contribution < 1.29 is 9.90 Å². The Labute approximate surface area is 117 Å². The number of pyridine rings is 1. The molecule has 3 rings (SSSR count). The summed E-state index contributed by atoms with van der Waals surface area (Å²) in [5, 5.41) is 9.37. The number of aromatic nitrogens is 3. The zero-order valence-electron chi connectivity index (χ0n) is 12.2. The van der Waals surface area contributed by atoms with Gasteiger partial charge in [0.05, 0.1) is 5.92 Å². The van der Waals surface area contributed by atoms with Crippen molar-refractivity contribution in [2.24, 2.45) is 11.3 Å². The zero-order chi connectivity index (χ0) is 14.7. The van der Waals surface area contributed by atoms with Crippen molar-refractivity contribution in [2.45, 2.75) is 39.7 Å². The van der Waals surface area contributed by atoms with Gasteiger partial charge < -0.3 is 9.67 Å². The van der Waals surface area contributed by atoms with Crippen LogP contribution in [-0.2, 0) is 4.79 Å². The van der Waals surface area contributed by atoms with Crippen molar-refractivity contribution in [2.75, 3.05) is 0 Å². The summed E-state index contributed by atoms with van der Waals surface area (Å²) in [4.78, 5) is 20.5. The lowest BCUT2D eigenvalue weighted by molar-refractivity contribution is -0.139. The molecule has 0 bridgehead atoms. The minimum absolute atomic E-state index is 0.0448. The molecule has 106 valence electrons. The highest BCUT2D eigenvalue weighted by atomic mass is 16.4. The molecule has 2 aromatic rings. The van der Waals surface area contributed by atoms with Gasteiger partial charge in [-0.3, -0.25) is 4.79 Å². The van der Waals surface area contributed by atoms with E-state index in [9.17, 15) is 9.90 Å². The lowest BCUT2D eigenvalue weighted by atomic mass is 10.1. The van der Waals surface area contributed by atoms with Crippen LogP contribution in [0.25, 0.3) is 11.2 Å². The number of carboxylic acids is 1. The smallest absolute Gasteiger partial charge is 0.307 e. The summed E-state index contributed by atoms with van der Waals surface area (Å²) in [5.74, 6) is -0.296. The van der Waals surface area contributed by atoms with E-state index in [1.165, 1.54) is 0 Å². The number of fused-ring (bicyclic) bond motifs is 1. The van der Waals surface area contributed by atoms with Crippen LogP contribution in [-0.4, -0.2) is 25.6 Å². The molecular weight excluding hydrogens is 254 g/mol. The van der Waals surface area contributed by atoms with E-state index in [0.717, 1.165) is 17.0 Å². The second-order valence-corrected chi connectivity index (χ2v) is 6.39. The van der Waals surface area contributed by atoms with Crippen molar-refractivity contribution in [1.82, 2.24) is 14.5 Å². The highest BCUT2D eigenvalue weighted by molar-refractivity contribution is 5.78. The van der Waals surface area contributed by atoms with Gasteiger partial charge in [-0.05, 0) is 31.4 Å². The van der Waals surface area contributed by atoms with Gasteiger partial charge in [-0.25, -0.2) is 9.97 Å². The number of carboxylic acid groups (broad SMARTS) is 1. The van der Waals surface area contributed by atoms with Crippen LogP contribution in [0.3, 0.4) is 0 Å². The van der Waals surface area contributed by atoms with E-state index in [1.807, 2.05) is 26.0 Å². The average molecular weight is 273 g/mol. The van der Waals surface area contributed by atoms with Crippen LogP contribution >= 0.6 is 0 Å². The van der Waals surface area contributed by atoms with Crippen LogP contribution in [0, 0.1) is 11.3 Å². The lowest BCUT2D eigenvalue weighted by Crippen LogP contribution is -2.08. The Hall–Kier alpha value is -1.91. The third-order valence-electron chi connectivity index (χ3n) is 4.36. The normalized spacial score (nSPS) is 24.2. The molecule has 1 aliphatic carbocycles. The summed E-state index contributed by atoms with van der Waals surface area (Å²) < 4.78 is 2.07. The molecule has 0 radical (unpaired) electrons. The van der Waals surface area contributed by atoms with Gasteiger partial charge in [-0.15, -0.1) is 0 Å². The van der Waals surface area contributed by atoms with Crippen molar-refractivity contribution in [3.05, 3.63) is 24.2 Å². The summed E-state index contributed by atoms with van der Waals surface area (Å²) in [6, 6.07) is 3.99. The number of imidazole rings is 1. The summed E-state index contributed by atoms with van der Waals surface area (Å²) in [5.41, 5.74) is 1.42. The first kappa shape index (κ1) is 13.1. The van der Waals surface area contributed by atoms with Gasteiger partial charge in [0, 0.05) is 18.2 Å². The molecule has 2 aromatic heterocycles. The van der Waals surface area contributed by atoms with Crippen LogP contribution in [0.5, 0.6) is 0 Å². The van der Waals surface area contributed by atoms with Crippen LogP contribution in [0.2, 0.25) is 0 Å². The van der Waals surface area contributed by atoms with Gasteiger partial charge in [0.25, 0.3) is 0 Å². The number of aliphatic carboxylic acids is 1. The molecule has 0 aromatic carbocycles.